The van der Waals surface area contributed by atoms with Crippen molar-refractivity contribution in [3.05, 3.63) is 426 Å². The SMILES string of the molecule is C1=CC2=C(CC1)C1C(c3ccc4c(c3)c3cccc5c3n4-c3cc(-n4c6c(c7ccccc74)C=CCC6)cc4c3B5n3c5ccccc5c5cccc-4c53)=c3c4n(c5ccccc35)B3c5ccc(N(c6ccccc6)c6ccccc6)cc5N(c5ccccc5)c5cc6c7c(c53)C=4C1N2B7c1ccc(N(c2ccccc2)c2ccccc2)cc1N6c1ccccc1. The Hall–Kier alpha value is -15.6. The molecule has 7 aliphatic heterocycles. The number of hydrogen-bond acceptors (Lipinski definition) is 5. The van der Waals surface area contributed by atoms with Gasteiger partial charge in [0.15, 0.2) is 0 Å². The number of benzene rings is 16. The fourth-order valence-electron chi connectivity index (χ4n) is 25.4. The van der Waals surface area contributed by atoms with Crippen LogP contribution in [-0.2, 0) is 6.42 Å². The second-order valence-electron chi connectivity index (χ2n) is 35.8. The lowest BCUT2D eigenvalue weighted by Crippen LogP contribution is -2.73. The van der Waals surface area contributed by atoms with Gasteiger partial charge < -0.3 is 42.5 Å². The zero-order chi connectivity index (χ0) is 81.6. The van der Waals surface area contributed by atoms with Gasteiger partial charge in [0.05, 0.1) is 22.6 Å². The molecular weight excluding hydrogens is 1530 g/mol. The highest BCUT2D eigenvalue weighted by molar-refractivity contribution is 6.93. The predicted molar refractivity (Wildman–Crippen MR) is 525 cm³/mol. The van der Waals surface area contributed by atoms with Crippen molar-refractivity contribution in [3.8, 4) is 22.5 Å². The summed E-state index contributed by atoms with van der Waals surface area (Å²) >= 11 is 0. The van der Waals surface area contributed by atoms with Crippen LogP contribution in [0.15, 0.2) is 393 Å². The molecule has 30 rings (SSSR count). The first kappa shape index (κ1) is 68.0. The summed E-state index contributed by atoms with van der Waals surface area (Å²) in [7, 11) is 0. The van der Waals surface area contributed by atoms with E-state index in [2.05, 4.69) is 431 Å². The number of allylic oxidation sites excluding steroid dienone is 3. The second-order valence-corrected chi connectivity index (χ2v) is 35.8. The minimum Gasteiger partial charge on any atom is -0.399 e. The summed E-state index contributed by atoms with van der Waals surface area (Å²) in [5.41, 5.74) is 45.2. The van der Waals surface area contributed by atoms with Crippen molar-refractivity contribution in [3.63, 3.8) is 0 Å². The average Bonchev–Trinajstić information content (AvgIpc) is 1.41. The molecule has 3 aliphatic carbocycles. The number of aromatic nitrogens is 4. The molecule has 126 heavy (non-hydrogen) atoms. The third-order valence-corrected chi connectivity index (χ3v) is 29.9. The largest absolute Gasteiger partial charge is 0.399 e. The van der Waals surface area contributed by atoms with Crippen LogP contribution in [0.3, 0.4) is 0 Å². The van der Waals surface area contributed by atoms with Gasteiger partial charge in [0.25, 0.3) is 0 Å². The molecule has 4 aromatic heterocycles. The number of rotatable bonds is 10. The summed E-state index contributed by atoms with van der Waals surface area (Å²) in [6.07, 6.45) is 13.7. The molecule has 0 spiro atoms. The third kappa shape index (κ3) is 8.72. The molecule has 0 saturated heterocycles. The molecule has 11 heterocycles. The Morgan fingerprint density at radius 3 is 1.51 bits per heavy atom. The summed E-state index contributed by atoms with van der Waals surface area (Å²) in [4.78, 5) is 13.2. The molecule has 0 saturated carbocycles. The number of para-hydroxylation sites is 11. The van der Waals surface area contributed by atoms with Crippen molar-refractivity contribution in [2.75, 3.05) is 19.6 Å². The van der Waals surface area contributed by atoms with Crippen LogP contribution in [-0.4, -0.2) is 49.5 Å². The van der Waals surface area contributed by atoms with Gasteiger partial charge in [0.2, 0.25) is 0 Å². The van der Waals surface area contributed by atoms with E-state index in [1.165, 1.54) is 187 Å². The molecule has 12 heteroatoms. The van der Waals surface area contributed by atoms with Crippen LogP contribution in [0.2, 0.25) is 0 Å². The van der Waals surface area contributed by atoms with Gasteiger partial charge in [-0.05, 0) is 238 Å². The number of anilines is 12. The Labute approximate surface area is 728 Å². The highest BCUT2D eigenvalue weighted by atomic mass is 15.2. The summed E-state index contributed by atoms with van der Waals surface area (Å²) in [5, 5.41) is 10.4. The molecular formula is C114H74B3N9. The molecule has 584 valence electrons. The molecule has 20 aromatic rings. The van der Waals surface area contributed by atoms with Gasteiger partial charge in [-0.3, -0.25) is 0 Å². The van der Waals surface area contributed by atoms with E-state index in [1.807, 2.05) is 0 Å². The van der Waals surface area contributed by atoms with E-state index in [9.17, 15) is 0 Å². The van der Waals surface area contributed by atoms with Crippen LogP contribution >= 0.6 is 0 Å². The van der Waals surface area contributed by atoms with Gasteiger partial charge in [-0.25, -0.2) is 0 Å². The lowest BCUT2D eigenvalue weighted by molar-refractivity contribution is 0.468. The molecule has 0 amide bonds. The van der Waals surface area contributed by atoms with E-state index in [0.717, 1.165) is 82.6 Å². The van der Waals surface area contributed by atoms with Gasteiger partial charge in [0, 0.05) is 173 Å². The molecule has 0 bridgehead atoms. The van der Waals surface area contributed by atoms with Crippen molar-refractivity contribution >= 4 is 204 Å². The standard InChI is InChI=1S/C114H74B3N9/c1-7-31-70(32-8-1)118(71-33-9-2-10-34-71)76-58-60-89-98(65-76)120(74-39-15-5-16-40-74)101-68-102-110-106-107-113-104(85-46-22-27-55-96(85)125(113)115(89)109(101)106)103(105-86-47-23-28-56-97(86)126(114(105)107)116(110)90-61-59-77(66-99(90)121(102)75-41-17-6-18-42-75)119(72-35-11-3-12-36-72)73-37-13-4-14-38-73)69-57-62-94-87(63-69)83-50-30-51-91-112(83)123(94)100-67-78(122-92-52-24-19-43-79(92)80-44-20-25-53-93(80)122)64-88-84-49-29-48-82-81-45-21-26-54-95(81)124(111(82)84)117(91)108(88)100/h1-22,24,26-46,48-52,54-68,105,114H,23,25,47,53H2. The topological polar surface area (TPSA) is 35.9 Å². The van der Waals surface area contributed by atoms with Crippen molar-refractivity contribution in [1.29, 1.82) is 0 Å². The normalized spacial score (nSPS) is 16.2. The van der Waals surface area contributed by atoms with E-state index >= 15 is 0 Å². The number of hydrogen-bond donors (Lipinski definition) is 0. The van der Waals surface area contributed by atoms with Crippen LogP contribution in [0.5, 0.6) is 0 Å². The number of nitrogens with zero attached hydrogens (tertiary/aromatic N) is 9. The first-order valence-electron chi connectivity index (χ1n) is 44.8. The van der Waals surface area contributed by atoms with E-state index in [0.29, 0.717) is 0 Å². The molecule has 0 fully saturated rings. The summed E-state index contributed by atoms with van der Waals surface area (Å²) < 4.78 is 11.0. The summed E-state index contributed by atoms with van der Waals surface area (Å²) in [6, 6.07) is 139. The Bertz CT molecular complexity index is 8460. The minimum atomic E-state index is -0.265. The predicted octanol–water partition coefficient (Wildman–Crippen LogP) is 21.6. The van der Waals surface area contributed by atoms with Gasteiger partial charge in [0.1, 0.15) is 0 Å². The maximum atomic E-state index is 3.00. The first-order chi connectivity index (χ1) is 62.6. The monoisotopic (exact) mass is 1600 g/mol. The van der Waals surface area contributed by atoms with Gasteiger partial charge in [-0.15, -0.1) is 0 Å². The zero-order valence-corrected chi connectivity index (χ0v) is 68.7. The van der Waals surface area contributed by atoms with Crippen LogP contribution in [0.4, 0.5) is 68.2 Å². The fraction of sp³-hybridized carbons (Fsp3) is 0.0526. The van der Waals surface area contributed by atoms with Crippen LogP contribution in [0.1, 0.15) is 41.6 Å². The molecule has 16 aromatic carbocycles. The van der Waals surface area contributed by atoms with Gasteiger partial charge in [-0.1, -0.05) is 237 Å². The summed E-state index contributed by atoms with van der Waals surface area (Å²) in [5.74, 6) is -0.0377. The second kappa shape index (κ2) is 25.1. The Balaban J connectivity index is 0.731. The smallest absolute Gasteiger partial charge is 0.333 e. The molecule has 9 nitrogen and oxygen atoms in total. The summed E-state index contributed by atoms with van der Waals surface area (Å²) in [6.45, 7) is -0.571. The van der Waals surface area contributed by atoms with Gasteiger partial charge >= 0.3 is 20.5 Å². The van der Waals surface area contributed by atoms with Crippen LogP contribution in [0.25, 0.3) is 105 Å². The fourth-order valence-corrected chi connectivity index (χ4v) is 25.4. The van der Waals surface area contributed by atoms with Crippen molar-refractivity contribution < 1.29 is 0 Å². The maximum Gasteiger partial charge on any atom is 0.333 e. The zero-order valence-electron chi connectivity index (χ0n) is 68.7. The molecule has 0 N–H and O–H groups in total. The first-order valence-corrected chi connectivity index (χ1v) is 44.8. The van der Waals surface area contributed by atoms with E-state index in [-0.39, 0.29) is 32.5 Å². The van der Waals surface area contributed by atoms with Crippen LogP contribution < -0.4 is 62.9 Å². The van der Waals surface area contributed by atoms with Crippen LogP contribution in [0, 0.1) is 5.92 Å². The highest BCUT2D eigenvalue weighted by Gasteiger charge is 2.61. The third-order valence-electron chi connectivity index (χ3n) is 29.9. The Morgan fingerprint density at radius 1 is 0.317 bits per heavy atom. The quantitative estimate of drug-likeness (QED) is 0.128. The maximum absolute atomic E-state index is 3.00. The van der Waals surface area contributed by atoms with Crippen molar-refractivity contribution in [2.24, 2.45) is 5.92 Å². The molecule has 2 atom stereocenters. The number of fused-ring (bicyclic) bond motifs is 24. The van der Waals surface area contributed by atoms with Gasteiger partial charge in [-0.2, -0.15) is 0 Å². The van der Waals surface area contributed by atoms with E-state index in [1.54, 1.807) is 0 Å². The van der Waals surface area contributed by atoms with Crippen molar-refractivity contribution in [2.45, 2.75) is 31.7 Å². The van der Waals surface area contributed by atoms with E-state index < -0.39 is 0 Å². The highest BCUT2D eigenvalue weighted by Crippen LogP contribution is 2.58. The average molecular weight is 1600 g/mol. The minimum absolute atomic E-state index is 0.0377. The molecule has 2 unspecified atom stereocenters. The molecule has 0 radical (unpaired) electrons. The molecule has 10 aliphatic rings. The van der Waals surface area contributed by atoms with E-state index in [4.69, 9.17) is 0 Å². The van der Waals surface area contributed by atoms with Crippen molar-refractivity contribution in [1.82, 2.24) is 22.9 Å². The lowest BCUT2D eigenvalue weighted by atomic mass is 9.37. The Morgan fingerprint density at radius 2 is 0.849 bits per heavy atom. The lowest BCUT2D eigenvalue weighted by Gasteiger charge is -2.53. The Kier molecular flexibility index (Phi) is 13.5.